The lowest BCUT2D eigenvalue weighted by atomic mass is 9.96. The lowest BCUT2D eigenvalue weighted by Crippen LogP contribution is -3.15. The fourth-order valence-corrected chi connectivity index (χ4v) is 5.41. The van der Waals surface area contributed by atoms with E-state index in [0.717, 1.165) is 24.2 Å². The van der Waals surface area contributed by atoms with E-state index in [1.165, 1.54) is 20.9 Å². The third-order valence-electron chi connectivity index (χ3n) is 7.15. The first-order chi connectivity index (χ1) is 17.0. The Morgan fingerprint density at radius 2 is 1.34 bits per heavy atom. The van der Waals surface area contributed by atoms with Gasteiger partial charge in [0.05, 0.1) is 31.9 Å². The molecule has 0 spiro atoms. The number of aryl methyl sites for hydroxylation is 2. The van der Waals surface area contributed by atoms with Gasteiger partial charge >= 0.3 is 0 Å². The largest absolute Gasteiger partial charge is 0.354 e. The average molecular weight is 487 g/mol. The maximum absolute atomic E-state index is 13.4. The number of carbonyl (C=O) groups is 2. The van der Waals surface area contributed by atoms with Gasteiger partial charge < -0.3 is 9.80 Å². The SMILES string of the molecule is Cc1ccc(N2C(=O)C(Cl)=C(N3CC[NH+](C(c4ccccc4)c4ccccc4)CC3)C2=O)cc1C. The molecule has 3 aromatic carbocycles. The molecule has 0 saturated carbocycles. The van der Waals surface area contributed by atoms with Crippen LogP contribution in [0.3, 0.4) is 0 Å². The smallest absolute Gasteiger partial charge is 0.283 e. The van der Waals surface area contributed by atoms with Crippen LogP contribution in [-0.4, -0.2) is 42.9 Å². The molecular formula is C29H29ClN3O2+. The summed E-state index contributed by atoms with van der Waals surface area (Å²) in [7, 11) is 0. The molecule has 2 heterocycles. The van der Waals surface area contributed by atoms with Gasteiger partial charge in [-0.25, -0.2) is 4.90 Å². The molecule has 0 bridgehead atoms. The molecule has 5 nitrogen and oxygen atoms in total. The second-order valence-electron chi connectivity index (χ2n) is 9.28. The van der Waals surface area contributed by atoms with Crippen LogP contribution < -0.4 is 9.80 Å². The van der Waals surface area contributed by atoms with Crippen LogP contribution in [0, 0.1) is 13.8 Å². The zero-order chi connectivity index (χ0) is 24.5. The van der Waals surface area contributed by atoms with Crippen LogP contribution in [0.4, 0.5) is 5.69 Å². The molecule has 2 aliphatic rings. The van der Waals surface area contributed by atoms with Crippen LogP contribution in [-0.2, 0) is 9.59 Å². The lowest BCUT2D eigenvalue weighted by Gasteiger charge is -2.38. The minimum atomic E-state index is -0.448. The normalized spacial score (nSPS) is 17.1. The number of imide groups is 1. The van der Waals surface area contributed by atoms with Gasteiger partial charge in [-0.2, -0.15) is 0 Å². The van der Waals surface area contributed by atoms with Crippen molar-refractivity contribution in [3.8, 4) is 0 Å². The number of hydrogen-bond donors (Lipinski definition) is 1. The van der Waals surface area contributed by atoms with Gasteiger partial charge in [0.1, 0.15) is 16.8 Å². The molecule has 1 fully saturated rings. The van der Waals surface area contributed by atoms with Gasteiger partial charge in [0, 0.05) is 11.1 Å². The molecule has 5 rings (SSSR count). The number of nitrogens with zero attached hydrogens (tertiary/aromatic N) is 2. The van der Waals surface area contributed by atoms with E-state index in [4.69, 9.17) is 11.6 Å². The van der Waals surface area contributed by atoms with Crippen LogP contribution in [0.5, 0.6) is 0 Å². The average Bonchev–Trinajstić information content (AvgIpc) is 3.11. The Hall–Kier alpha value is -3.41. The van der Waals surface area contributed by atoms with Crippen LogP contribution >= 0.6 is 11.6 Å². The van der Waals surface area contributed by atoms with Crippen molar-refractivity contribution in [2.45, 2.75) is 19.9 Å². The van der Waals surface area contributed by atoms with E-state index in [2.05, 4.69) is 48.5 Å². The maximum atomic E-state index is 13.4. The van der Waals surface area contributed by atoms with E-state index in [1.807, 2.05) is 43.0 Å². The summed E-state index contributed by atoms with van der Waals surface area (Å²) in [5.74, 6) is -0.787. The zero-order valence-corrected chi connectivity index (χ0v) is 20.8. The summed E-state index contributed by atoms with van der Waals surface area (Å²) in [5.41, 5.74) is 5.56. The van der Waals surface area contributed by atoms with Crippen LogP contribution in [0.2, 0.25) is 0 Å². The Bertz CT molecular complexity index is 1240. The molecule has 35 heavy (non-hydrogen) atoms. The molecule has 3 aromatic rings. The maximum Gasteiger partial charge on any atom is 0.283 e. The summed E-state index contributed by atoms with van der Waals surface area (Å²) < 4.78 is 0. The first-order valence-corrected chi connectivity index (χ1v) is 12.4. The second-order valence-corrected chi connectivity index (χ2v) is 9.65. The van der Waals surface area contributed by atoms with Crippen LogP contribution in [0.25, 0.3) is 0 Å². The number of anilines is 1. The Labute approximate surface area is 211 Å². The highest BCUT2D eigenvalue weighted by Crippen LogP contribution is 2.32. The van der Waals surface area contributed by atoms with E-state index < -0.39 is 5.91 Å². The quantitative estimate of drug-likeness (QED) is 0.560. The zero-order valence-electron chi connectivity index (χ0n) is 20.0. The number of nitrogens with one attached hydrogen (secondary N) is 1. The fraction of sp³-hybridized carbons (Fsp3) is 0.241. The topological polar surface area (TPSA) is 45.1 Å². The summed E-state index contributed by atoms with van der Waals surface area (Å²) in [6.45, 7) is 6.93. The molecule has 0 unspecified atom stereocenters. The second kappa shape index (κ2) is 9.68. The molecule has 178 valence electrons. The Kier molecular flexibility index (Phi) is 6.46. The predicted octanol–water partition coefficient (Wildman–Crippen LogP) is 3.62. The molecular weight excluding hydrogens is 458 g/mol. The van der Waals surface area contributed by atoms with Gasteiger partial charge in [-0.15, -0.1) is 0 Å². The standard InChI is InChI=1S/C29H28ClN3O2/c1-20-13-14-24(19-21(20)2)33-28(34)25(30)27(29(33)35)32-17-15-31(16-18-32)26(22-9-5-3-6-10-22)23-11-7-4-8-12-23/h3-14,19,26H,15-18H2,1-2H3/p+1. The highest BCUT2D eigenvalue weighted by atomic mass is 35.5. The van der Waals surface area contributed by atoms with E-state index in [-0.39, 0.29) is 17.0 Å². The Morgan fingerprint density at radius 3 is 1.89 bits per heavy atom. The number of halogens is 1. The van der Waals surface area contributed by atoms with Crippen molar-refractivity contribution in [2.75, 3.05) is 31.1 Å². The highest BCUT2D eigenvalue weighted by molar-refractivity contribution is 6.52. The minimum absolute atomic E-state index is 0.0133. The van der Waals surface area contributed by atoms with Gasteiger partial charge in [0.2, 0.25) is 0 Å². The monoisotopic (exact) mass is 486 g/mol. The Morgan fingerprint density at radius 1 is 0.771 bits per heavy atom. The number of quaternary nitrogens is 1. The molecule has 0 aromatic heterocycles. The molecule has 1 saturated heterocycles. The van der Waals surface area contributed by atoms with Crippen molar-refractivity contribution >= 4 is 29.1 Å². The molecule has 6 heteroatoms. The first-order valence-electron chi connectivity index (χ1n) is 12.0. The molecule has 0 radical (unpaired) electrons. The summed E-state index contributed by atoms with van der Waals surface area (Å²) >= 11 is 6.48. The van der Waals surface area contributed by atoms with Gasteiger partial charge in [-0.1, -0.05) is 78.3 Å². The van der Waals surface area contributed by atoms with Crippen molar-refractivity contribution in [3.63, 3.8) is 0 Å². The number of piperazine rings is 1. The summed E-state index contributed by atoms with van der Waals surface area (Å²) in [6.07, 6.45) is 0. The number of hydrogen-bond acceptors (Lipinski definition) is 3. The third kappa shape index (κ3) is 4.38. The summed E-state index contributed by atoms with van der Waals surface area (Å²) in [5, 5.41) is 0.0133. The van der Waals surface area contributed by atoms with E-state index in [0.29, 0.717) is 24.5 Å². The van der Waals surface area contributed by atoms with Crippen molar-refractivity contribution in [3.05, 3.63) is 112 Å². The Balaban J connectivity index is 1.36. The number of carbonyl (C=O) groups excluding carboxylic acids is 2. The van der Waals surface area contributed by atoms with Crippen LogP contribution in [0.15, 0.2) is 89.6 Å². The molecule has 1 N–H and O–H groups in total. The summed E-state index contributed by atoms with van der Waals surface area (Å²) in [4.78, 5) is 31.0. The van der Waals surface area contributed by atoms with Crippen molar-refractivity contribution < 1.29 is 14.5 Å². The number of rotatable bonds is 5. The third-order valence-corrected chi connectivity index (χ3v) is 7.49. The first kappa shape index (κ1) is 23.3. The minimum Gasteiger partial charge on any atom is -0.354 e. The number of benzene rings is 3. The number of amides is 2. The van der Waals surface area contributed by atoms with Gasteiger partial charge in [0.25, 0.3) is 11.8 Å². The highest BCUT2D eigenvalue weighted by Gasteiger charge is 2.43. The van der Waals surface area contributed by atoms with Crippen molar-refractivity contribution in [2.24, 2.45) is 0 Å². The van der Waals surface area contributed by atoms with Gasteiger partial charge in [-0.05, 0) is 37.1 Å². The lowest BCUT2D eigenvalue weighted by molar-refractivity contribution is -0.929. The fourth-order valence-electron chi connectivity index (χ4n) is 5.13. The summed E-state index contributed by atoms with van der Waals surface area (Å²) in [6, 6.07) is 26.9. The van der Waals surface area contributed by atoms with E-state index in [1.54, 1.807) is 6.07 Å². The van der Waals surface area contributed by atoms with Gasteiger partial charge in [-0.3, -0.25) is 9.59 Å². The van der Waals surface area contributed by atoms with Gasteiger partial charge in [0.15, 0.2) is 0 Å². The molecule has 2 aliphatic heterocycles. The molecule has 0 aliphatic carbocycles. The molecule has 0 atom stereocenters. The van der Waals surface area contributed by atoms with E-state index in [9.17, 15) is 9.59 Å². The van der Waals surface area contributed by atoms with Crippen molar-refractivity contribution in [1.82, 2.24) is 4.90 Å². The predicted molar refractivity (Wildman–Crippen MR) is 138 cm³/mol. The van der Waals surface area contributed by atoms with Crippen molar-refractivity contribution in [1.29, 1.82) is 0 Å². The van der Waals surface area contributed by atoms with E-state index >= 15 is 0 Å². The van der Waals surface area contributed by atoms with Crippen LogP contribution in [0.1, 0.15) is 28.3 Å². The molecule has 2 amide bonds.